The molecule has 3 radical (unpaired) electrons. The summed E-state index contributed by atoms with van der Waals surface area (Å²) in [6.07, 6.45) is 0. The summed E-state index contributed by atoms with van der Waals surface area (Å²) in [5.74, 6) is 0. The summed E-state index contributed by atoms with van der Waals surface area (Å²) in [6, 6.07) is 0. The van der Waals surface area contributed by atoms with E-state index in [0.717, 1.165) is 0 Å². The van der Waals surface area contributed by atoms with E-state index in [-0.39, 0.29) is 36.7 Å². The highest BCUT2D eigenvalue weighted by Crippen LogP contribution is 2.25. The molecule has 0 aromatic carbocycles. The van der Waals surface area contributed by atoms with Gasteiger partial charge < -0.3 is 14.7 Å². The van der Waals surface area contributed by atoms with Crippen molar-refractivity contribution in [3.63, 3.8) is 0 Å². The van der Waals surface area contributed by atoms with Gasteiger partial charge in [-0.1, -0.05) is 0 Å². The summed E-state index contributed by atoms with van der Waals surface area (Å²) >= 11 is 0. The maximum absolute atomic E-state index is 8.88. The van der Waals surface area contributed by atoms with Crippen LogP contribution in [0.25, 0.3) is 0 Å². The second-order valence-electron chi connectivity index (χ2n) is 0.513. The van der Waals surface area contributed by atoms with Gasteiger partial charge in [0.2, 0.25) is 0 Å². The van der Waals surface area contributed by atoms with Crippen LogP contribution in [0.1, 0.15) is 0 Å². The van der Waals surface area contributed by atoms with Gasteiger partial charge >= 0.3 is 7.82 Å². The lowest BCUT2D eigenvalue weighted by molar-refractivity contribution is 0.275. The third-order valence-corrected chi connectivity index (χ3v) is 0. The largest absolute Gasteiger partial charge is 0.466 e. The van der Waals surface area contributed by atoms with Crippen LogP contribution in [-0.2, 0) is 4.57 Å². The van der Waals surface area contributed by atoms with Crippen LogP contribution in [0.15, 0.2) is 0 Å². The van der Waals surface area contributed by atoms with Gasteiger partial charge in [-0.2, -0.15) is 0 Å². The highest BCUT2D eigenvalue weighted by molar-refractivity contribution is 7.45. The quantitative estimate of drug-likeness (QED) is 0.257. The van der Waals surface area contributed by atoms with Crippen molar-refractivity contribution in [1.82, 2.24) is 0 Å². The van der Waals surface area contributed by atoms with E-state index < -0.39 is 7.82 Å². The van der Waals surface area contributed by atoms with Gasteiger partial charge in [0.15, 0.2) is 17.4 Å². The van der Waals surface area contributed by atoms with Gasteiger partial charge in [-0.25, -0.2) is 4.57 Å². The van der Waals surface area contributed by atoms with Crippen molar-refractivity contribution in [2.24, 2.45) is 0 Å². The van der Waals surface area contributed by atoms with Gasteiger partial charge in [0.05, 0.1) is 0 Å². The van der Waals surface area contributed by atoms with E-state index in [1.54, 1.807) is 0 Å². The van der Waals surface area contributed by atoms with E-state index in [2.05, 4.69) is 0 Å². The van der Waals surface area contributed by atoms with E-state index in [9.17, 15) is 0 Å². The van der Waals surface area contributed by atoms with Crippen LogP contribution < -0.4 is 0 Å². The molecule has 0 aromatic heterocycles. The molecule has 49 valence electrons. The van der Waals surface area contributed by atoms with Crippen LogP contribution in [-0.4, -0.2) is 51.4 Å². The molecule has 0 rings (SSSR count). The molecule has 0 spiro atoms. The second-order valence-corrected chi connectivity index (χ2v) is 1.54. The van der Waals surface area contributed by atoms with E-state index in [0.29, 0.717) is 0 Å². The number of hydrogen-bond acceptors (Lipinski definition) is 1. The first kappa shape index (κ1) is 23.1. The molecular weight excluding hydrogens is 161 g/mol. The molecule has 0 fully saturated rings. The number of hydrogen-bond donors (Lipinski definition) is 3. The number of rotatable bonds is 0. The Labute approximate surface area is 64.3 Å². The van der Waals surface area contributed by atoms with E-state index in [1.807, 2.05) is 0 Å². The Hall–Kier alpha value is 0.924. The van der Waals surface area contributed by atoms with Crippen molar-refractivity contribution >= 4 is 44.6 Å². The zero-order valence-corrected chi connectivity index (χ0v) is 3.67. The summed E-state index contributed by atoms with van der Waals surface area (Å²) < 4.78 is 8.88. The fourth-order valence-electron chi connectivity index (χ4n) is 0. The lowest BCUT2D eigenvalue weighted by atomic mass is 10.8. The molecule has 0 aromatic rings. The standard InChI is InChI=1S/Al.B.H3O4P.H4Si.3H/c;;1-5(2,3)4;;;;/h;;(H3,1,2,3,4);1H4;;;. The maximum atomic E-state index is 8.88. The maximum Gasteiger partial charge on any atom is 0.466 e. The molecular formula is H10AlBO4PSi. The fraction of sp³-hybridized carbons (Fsp3) is 0. The fourth-order valence-corrected chi connectivity index (χ4v) is 0. The average molecular weight is 171 g/mol. The molecule has 0 saturated carbocycles. The molecule has 0 unspecified atom stereocenters. The predicted molar refractivity (Wildman–Crippen MR) is 41.3 cm³/mol. The topological polar surface area (TPSA) is 77.8 Å². The SMILES string of the molecule is O=P(O)(O)O.[AlH3].[B].[SiH4]. The molecule has 4 nitrogen and oxygen atoms in total. The Balaban J connectivity index is -0.0000000267. The normalized spacial score (nSPS) is 7.38. The van der Waals surface area contributed by atoms with Gasteiger partial charge in [0, 0.05) is 8.41 Å². The lowest BCUT2D eigenvalue weighted by Gasteiger charge is -1.82. The Morgan fingerprint density at radius 3 is 1.12 bits per heavy atom. The van der Waals surface area contributed by atoms with Gasteiger partial charge in [0.25, 0.3) is 0 Å². The zero-order chi connectivity index (χ0) is 4.50. The Morgan fingerprint density at radius 2 is 1.12 bits per heavy atom. The van der Waals surface area contributed by atoms with Crippen LogP contribution in [0.2, 0.25) is 0 Å². The van der Waals surface area contributed by atoms with Crippen molar-refractivity contribution in [3.8, 4) is 0 Å². The predicted octanol–water partition coefficient (Wildman–Crippen LogP) is -3.94. The minimum absolute atomic E-state index is 0. The monoisotopic (exact) mass is 171 g/mol. The highest BCUT2D eigenvalue weighted by atomic mass is 31.2. The summed E-state index contributed by atoms with van der Waals surface area (Å²) in [6.45, 7) is 0. The van der Waals surface area contributed by atoms with Crippen LogP contribution in [0.4, 0.5) is 0 Å². The molecule has 0 saturated heterocycles. The van der Waals surface area contributed by atoms with Gasteiger partial charge in [0.1, 0.15) is 0 Å². The van der Waals surface area contributed by atoms with E-state index >= 15 is 0 Å². The highest BCUT2D eigenvalue weighted by Gasteiger charge is 2.00. The summed E-state index contributed by atoms with van der Waals surface area (Å²) in [5.41, 5.74) is 0. The minimum atomic E-state index is -4.64. The molecule has 0 aliphatic heterocycles. The molecule has 0 bridgehead atoms. The van der Waals surface area contributed by atoms with Crippen molar-refractivity contribution in [1.29, 1.82) is 0 Å². The van der Waals surface area contributed by atoms with E-state index in [1.165, 1.54) is 0 Å². The summed E-state index contributed by atoms with van der Waals surface area (Å²) in [4.78, 5) is 21.6. The van der Waals surface area contributed by atoms with Crippen LogP contribution in [0.3, 0.4) is 0 Å². The van der Waals surface area contributed by atoms with Crippen LogP contribution >= 0.6 is 7.82 Å². The van der Waals surface area contributed by atoms with Crippen LogP contribution in [0, 0.1) is 0 Å². The van der Waals surface area contributed by atoms with Crippen molar-refractivity contribution in [2.45, 2.75) is 0 Å². The van der Waals surface area contributed by atoms with Crippen molar-refractivity contribution in [3.05, 3.63) is 0 Å². The molecule has 0 aliphatic carbocycles. The lowest BCUT2D eigenvalue weighted by Crippen LogP contribution is -1.66. The zero-order valence-electron chi connectivity index (χ0n) is 2.77. The van der Waals surface area contributed by atoms with Gasteiger partial charge in [-0.3, -0.25) is 0 Å². The Kier molecular flexibility index (Phi) is 22.9. The average Bonchev–Trinajstić information content (AvgIpc) is 0.722. The third-order valence-electron chi connectivity index (χ3n) is 0. The summed E-state index contributed by atoms with van der Waals surface area (Å²) in [7, 11) is -4.64. The summed E-state index contributed by atoms with van der Waals surface area (Å²) in [5, 5.41) is 0. The molecule has 0 atom stereocenters. The van der Waals surface area contributed by atoms with Crippen molar-refractivity contribution < 1.29 is 19.2 Å². The Bertz CT molecular complexity index is 62.2. The van der Waals surface area contributed by atoms with Gasteiger partial charge in [-0.05, 0) is 11.0 Å². The smallest absolute Gasteiger partial charge is 0.303 e. The molecule has 0 amide bonds. The minimum Gasteiger partial charge on any atom is -0.303 e. The molecule has 8 heavy (non-hydrogen) atoms. The first-order valence-corrected chi connectivity index (χ1v) is 2.35. The molecule has 0 heterocycles. The molecule has 8 heteroatoms. The first-order valence-electron chi connectivity index (χ1n) is 0.783. The molecule has 0 aliphatic rings. The van der Waals surface area contributed by atoms with E-state index in [4.69, 9.17) is 19.2 Å². The number of phosphoric acid groups is 1. The van der Waals surface area contributed by atoms with Gasteiger partial charge in [-0.15, -0.1) is 0 Å². The third kappa shape index (κ3) is 284. The Morgan fingerprint density at radius 1 is 1.12 bits per heavy atom. The van der Waals surface area contributed by atoms with Crippen molar-refractivity contribution in [2.75, 3.05) is 0 Å². The molecule has 3 N–H and O–H groups in total. The second kappa shape index (κ2) is 7.92. The van der Waals surface area contributed by atoms with Crippen LogP contribution in [0.5, 0.6) is 0 Å². The first-order chi connectivity index (χ1) is 2.00.